The van der Waals surface area contributed by atoms with Gasteiger partial charge < -0.3 is 27.7 Å². The summed E-state index contributed by atoms with van der Waals surface area (Å²) in [6.45, 7) is 3.16. The normalized spacial score (nSPS) is 11.5. The van der Waals surface area contributed by atoms with E-state index in [0.29, 0.717) is 39.6 Å². The van der Waals surface area contributed by atoms with E-state index in [-0.39, 0.29) is 0 Å². The fraction of sp³-hybridized carbons (Fsp3) is 0.174. The second-order valence-corrected chi connectivity index (χ2v) is 12.8. The first-order chi connectivity index (χ1) is 25.8. The second kappa shape index (κ2) is 16.0. The Hall–Kier alpha value is -5.82. The van der Waals surface area contributed by atoms with Crippen LogP contribution in [0.5, 0.6) is 11.5 Å². The van der Waals surface area contributed by atoms with Gasteiger partial charge in [0, 0.05) is 57.7 Å². The van der Waals surface area contributed by atoms with Gasteiger partial charge in [0.15, 0.2) is 0 Å². The third-order valence-electron chi connectivity index (χ3n) is 9.56. The first-order valence-electron chi connectivity index (χ1n) is 18.0. The maximum atomic E-state index is 6.23. The topological polar surface area (TPSA) is 45.7 Å². The summed E-state index contributed by atoms with van der Waals surface area (Å²) in [5.74, 6) is 1.64. The van der Waals surface area contributed by atoms with E-state index in [9.17, 15) is 0 Å². The molecule has 6 nitrogen and oxygen atoms in total. The van der Waals surface area contributed by atoms with Gasteiger partial charge in [-0.15, -0.1) is 0 Å². The quantitative estimate of drug-likeness (QED) is 0.0950. The molecule has 8 rings (SSSR count). The van der Waals surface area contributed by atoms with Gasteiger partial charge in [0.2, 0.25) is 0 Å². The van der Waals surface area contributed by atoms with Crippen LogP contribution in [0.3, 0.4) is 0 Å². The Labute approximate surface area is 304 Å². The van der Waals surface area contributed by atoms with E-state index in [1.807, 2.05) is 24.3 Å². The molecule has 8 aromatic rings. The molecule has 0 unspecified atom stereocenters. The number of pyridine rings is 2. The highest BCUT2D eigenvalue weighted by Gasteiger charge is 2.14. The lowest BCUT2D eigenvalue weighted by Gasteiger charge is -2.13. The van der Waals surface area contributed by atoms with Crippen LogP contribution in [0.4, 0.5) is 0 Å². The summed E-state index contributed by atoms with van der Waals surface area (Å²) in [4.78, 5) is 0. The smallest absolute Gasteiger partial charge is 0.127 e. The van der Waals surface area contributed by atoms with E-state index in [4.69, 9.17) is 18.9 Å². The van der Waals surface area contributed by atoms with Crippen LogP contribution >= 0.6 is 0 Å². The van der Waals surface area contributed by atoms with Crippen molar-refractivity contribution in [2.45, 2.75) is 12.8 Å². The summed E-state index contributed by atoms with van der Waals surface area (Å²) in [5.41, 5.74) is 9.95. The van der Waals surface area contributed by atoms with Crippen molar-refractivity contribution in [3.05, 3.63) is 169 Å². The van der Waals surface area contributed by atoms with Crippen molar-refractivity contribution in [1.29, 1.82) is 0 Å². The van der Waals surface area contributed by atoms with E-state index in [1.54, 1.807) is 0 Å². The van der Waals surface area contributed by atoms with E-state index < -0.39 is 0 Å². The molecule has 0 radical (unpaired) electrons. The minimum atomic E-state index is 0.462. The van der Waals surface area contributed by atoms with Gasteiger partial charge >= 0.3 is 0 Å². The maximum absolute atomic E-state index is 6.23. The van der Waals surface area contributed by atoms with E-state index in [2.05, 4.69) is 143 Å². The number of fused-ring (bicyclic) bond motifs is 3. The van der Waals surface area contributed by atoms with Crippen LogP contribution < -0.4 is 9.47 Å². The standard InChI is InChI=1S/C46H42N2O4/c1-3-13-35(14-4-1)41-33-47-25-9-7-19-43(47)37(41)23-27-49-29-31-51-45-21-11-18-40-39(45)17-12-22-46(40)52-32-30-50-28-24-38-42(36-15-5-2-6-16-36)34-48-26-10-8-20-44(38)48/h1-22,25-26,33-34H,23-24,27-32H2. The molecule has 0 atom stereocenters. The number of rotatable bonds is 16. The zero-order chi connectivity index (χ0) is 35.0. The lowest BCUT2D eigenvalue weighted by molar-refractivity contribution is 0.103. The van der Waals surface area contributed by atoms with Crippen molar-refractivity contribution in [1.82, 2.24) is 8.80 Å². The lowest BCUT2D eigenvalue weighted by atomic mass is 10.0. The van der Waals surface area contributed by atoms with Crippen molar-refractivity contribution in [2.24, 2.45) is 0 Å². The number of hydrogen-bond acceptors (Lipinski definition) is 4. The average molecular weight is 687 g/mol. The van der Waals surface area contributed by atoms with Crippen molar-refractivity contribution < 1.29 is 18.9 Å². The Balaban J connectivity index is 0.824. The van der Waals surface area contributed by atoms with Crippen molar-refractivity contribution in [3.63, 3.8) is 0 Å². The Morgan fingerprint density at radius 2 is 0.827 bits per heavy atom. The Morgan fingerprint density at radius 1 is 0.385 bits per heavy atom. The Bertz CT molecular complexity index is 2210. The molecule has 0 bridgehead atoms. The fourth-order valence-electron chi connectivity index (χ4n) is 7.10. The molecule has 0 saturated carbocycles. The summed E-state index contributed by atoms with van der Waals surface area (Å²) in [5, 5.41) is 2.03. The largest absolute Gasteiger partial charge is 0.491 e. The second-order valence-electron chi connectivity index (χ2n) is 12.8. The molecule has 6 heteroatoms. The molecule has 4 aromatic carbocycles. The number of ether oxygens (including phenoxy) is 4. The van der Waals surface area contributed by atoms with Gasteiger partial charge in [-0.1, -0.05) is 97.1 Å². The summed E-state index contributed by atoms with van der Waals surface area (Å²) < 4.78 is 29.0. The van der Waals surface area contributed by atoms with Crippen molar-refractivity contribution in [3.8, 4) is 33.8 Å². The van der Waals surface area contributed by atoms with Crippen LogP contribution in [0.15, 0.2) is 158 Å². The zero-order valence-electron chi connectivity index (χ0n) is 29.2. The van der Waals surface area contributed by atoms with Gasteiger partial charge in [0.05, 0.1) is 26.4 Å². The molecule has 0 amide bonds. The van der Waals surface area contributed by atoms with Crippen LogP contribution in [0.25, 0.3) is 44.1 Å². The van der Waals surface area contributed by atoms with E-state index >= 15 is 0 Å². The first kappa shape index (κ1) is 33.3. The third-order valence-corrected chi connectivity index (χ3v) is 9.56. The minimum Gasteiger partial charge on any atom is -0.491 e. The summed E-state index contributed by atoms with van der Waals surface area (Å²) in [7, 11) is 0. The van der Waals surface area contributed by atoms with Crippen LogP contribution in [0, 0.1) is 0 Å². The molecule has 0 fully saturated rings. The van der Waals surface area contributed by atoms with E-state index in [1.165, 1.54) is 44.4 Å². The van der Waals surface area contributed by atoms with Crippen LogP contribution in [0.1, 0.15) is 11.1 Å². The molecule has 0 aliphatic carbocycles. The fourth-order valence-corrected chi connectivity index (χ4v) is 7.10. The monoisotopic (exact) mass is 686 g/mol. The van der Waals surface area contributed by atoms with Gasteiger partial charge in [-0.2, -0.15) is 0 Å². The van der Waals surface area contributed by atoms with Gasteiger partial charge in [-0.3, -0.25) is 0 Å². The lowest BCUT2D eigenvalue weighted by Crippen LogP contribution is -2.10. The zero-order valence-corrected chi connectivity index (χ0v) is 29.2. The highest BCUT2D eigenvalue weighted by atomic mass is 16.5. The van der Waals surface area contributed by atoms with Crippen LogP contribution in [-0.4, -0.2) is 48.4 Å². The third kappa shape index (κ3) is 7.31. The van der Waals surface area contributed by atoms with Gasteiger partial charge in [-0.05, 0) is 71.5 Å². The number of aromatic nitrogens is 2. The van der Waals surface area contributed by atoms with E-state index in [0.717, 1.165) is 35.1 Å². The molecule has 260 valence electrons. The molecular weight excluding hydrogens is 645 g/mol. The predicted octanol–water partition coefficient (Wildman–Crippen LogP) is 9.96. The molecule has 4 heterocycles. The first-order valence-corrected chi connectivity index (χ1v) is 18.0. The molecule has 4 aromatic heterocycles. The van der Waals surface area contributed by atoms with Gasteiger partial charge in [0.1, 0.15) is 24.7 Å². The molecule has 52 heavy (non-hydrogen) atoms. The summed E-state index contributed by atoms with van der Waals surface area (Å²) in [6, 6.07) is 45.9. The number of benzene rings is 4. The highest BCUT2D eigenvalue weighted by molar-refractivity contribution is 5.93. The van der Waals surface area contributed by atoms with Crippen molar-refractivity contribution in [2.75, 3.05) is 39.6 Å². The molecule has 0 spiro atoms. The Kier molecular flexibility index (Phi) is 10.3. The van der Waals surface area contributed by atoms with Crippen LogP contribution in [0.2, 0.25) is 0 Å². The number of nitrogens with zero attached hydrogens (tertiary/aromatic N) is 2. The number of hydrogen-bond donors (Lipinski definition) is 0. The van der Waals surface area contributed by atoms with Crippen molar-refractivity contribution >= 4 is 21.8 Å². The summed E-state index contributed by atoms with van der Waals surface area (Å²) >= 11 is 0. The Morgan fingerprint density at radius 3 is 1.29 bits per heavy atom. The average Bonchev–Trinajstić information content (AvgIpc) is 3.77. The van der Waals surface area contributed by atoms with Gasteiger partial charge in [0.25, 0.3) is 0 Å². The van der Waals surface area contributed by atoms with Gasteiger partial charge in [-0.25, -0.2) is 0 Å². The molecule has 0 saturated heterocycles. The molecular formula is C46H42N2O4. The molecule has 0 N–H and O–H groups in total. The molecule has 0 aliphatic heterocycles. The maximum Gasteiger partial charge on any atom is 0.127 e. The predicted molar refractivity (Wildman–Crippen MR) is 210 cm³/mol. The van der Waals surface area contributed by atoms with Crippen LogP contribution in [-0.2, 0) is 22.3 Å². The molecule has 0 aliphatic rings. The highest BCUT2D eigenvalue weighted by Crippen LogP contribution is 2.33. The SMILES string of the molecule is c1ccc(-c2cn3ccccc3c2CCOCCOc2cccc3c(OCCOCCc4c(-c5ccccc5)cn5ccccc45)cccc23)cc1. The summed E-state index contributed by atoms with van der Waals surface area (Å²) in [6.07, 6.45) is 10.3. The minimum absolute atomic E-state index is 0.462.